The van der Waals surface area contributed by atoms with Gasteiger partial charge < -0.3 is 9.15 Å². The molecule has 1 saturated heterocycles. The van der Waals surface area contributed by atoms with E-state index in [2.05, 4.69) is 10.2 Å². The lowest BCUT2D eigenvalue weighted by atomic mass is 10.2. The molecule has 1 aliphatic heterocycles. The molecule has 7 heteroatoms. The van der Waals surface area contributed by atoms with Crippen molar-refractivity contribution >= 4 is 29.1 Å². The van der Waals surface area contributed by atoms with E-state index in [0.717, 1.165) is 17.7 Å². The number of thioether (sulfide) groups is 1. The molecule has 0 unspecified atom stereocenters. The van der Waals surface area contributed by atoms with E-state index in [9.17, 15) is 4.79 Å². The Morgan fingerprint density at radius 3 is 2.76 bits per heavy atom. The van der Waals surface area contributed by atoms with Crippen LogP contribution in [0.25, 0.3) is 0 Å². The summed E-state index contributed by atoms with van der Waals surface area (Å²) < 4.78 is 10.4. The van der Waals surface area contributed by atoms with Gasteiger partial charge in [-0.1, -0.05) is 30.8 Å². The van der Waals surface area contributed by atoms with Crippen LogP contribution in [0.5, 0.6) is 5.75 Å². The fourth-order valence-electron chi connectivity index (χ4n) is 2.40. The number of furan rings is 1. The Morgan fingerprint density at radius 2 is 2.12 bits per heavy atom. The van der Waals surface area contributed by atoms with Gasteiger partial charge in [-0.25, -0.2) is 0 Å². The first-order chi connectivity index (χ1) is 12.2. The molecule has 3 rings (SSSR count). The molecule has 2 heterocycles. The van der Waals surface area contributed by atoms with Crippen molar-refractivity contribution in [2.24, 2.45) is 10.2 Å². The number of methoxy groups -OCH3 is 1. The Labute approximate surface area is 150 Å². The maximum atomic E-state index is 12.6. The number of nitrogens with zero attached hydrogens (tertiary/aromatic N) is 3. The number of amides is 1. The highest BCUT2D eigenvalue weighted by molar-refractivity contribution is 8.15. The van der Waals surface area contributed by atoms with Gasteiger partial charge in [0.25, 0.3) is 0 Å². The number of hydrogen-bond acceptors (Lipinski definition) is 6. The predicted molar refractivity (Wildman–Crippen MR) is 99.0 cm³/mol. The number of amidine groups is 1. The van der Waals surface area contributed by atoms with E-state index in [4.69, 9.17) is 9.15 Å². The van der Waals surface area contributed by atoms with Crippen LogP contribution in [-0.2, 0) is 11.3 Å². The summed E-state index contributed by atoms with van der Waals surface area (Å²) in [6, 6.07) is 11.2. The highest BCUT2D eigenvalue weighted by atomic mass is 32.2. The second-order valence-electron chi connectivity index (χ2n) is 5.43. The third-order valence-electron chi connectivity index (χ3n) is 3.76. The molecule has 1 atom stereocenters. The van der Waals surface area contributed by atoms with Crippen molar-refractivity contribution in [3.63, 3.8) is 0 Å². The molecule has 1 aromatic carbocycles. The van der Waals surface area contributed by atoms with Crippen LogP contribution >= 0.6 is 11.8 Å². The van der Waals surface area contributed by atoms with Gasteiger partial charge in [-0.2, -0.15) is 5.10 Å². The fourth-order valence-corrected chi connectivity index (χ4v) is 3.43. The minimum atomic E-state index is -0.115. The zero-order valence-corrected chi connectivity index (χ0v) is 14.9. The van der Waals surface area contributed by atoms with Crippen LogP contribution in [-0.4, -0.2) is 34.5 Å². The third-order valence-corrected chi connectivity index (χ3v) is 5.09. The SMILES string of the molecule is CC[C@@H]1S/C(=N/N=C\c2ccco2)N(Cc2ccc(OC)cc2)C1=O. The average Bonchev–Trinajstić information content (AvgIpc) is 3.25. The van der Waals surface area contributed by atoms with E-state index < -0.39 is 0 Å². The van der Waals surface area contributed by atoms with Gasteiger partial charge in [-0.15, -0.1) is 5.10 Å². The van der Waals surface area contributed by atoms with E-state index in [1.54, 1.807) is 30.4 Å². The second-order valence-corrected chi connectivity index (χ2v) is 6.60. The molecular formula is C18H19N3O3S. The maximum Gasteiger partial charge on any atom is 0.242 e. The first-order valence-electron chi connectivity index (χ1n) is 7.96. The molecule has 0 saturated carbocycles. The lowest BCUT2D eigenvalue weighted by Crippen LogP contribution is -2.31. The van der Waals surface area contributed by atoms with Crippen molar-refractivity contribution in [2.45, 2.75) is 25.1 Å². The van der Waals surface area contributed by atoms with Gasteiger partial charge in [0.05, 0.1) is 31.4 Å². The monoisotopic (exact) mass is 357 g/mol. The van der Waals surface area contributed by atoms with Gasteiger partial charge in [0.2, 0.25) is 5.91 Å². The zero-order valence-electron chi connectivity index (χ0n) is 14.1. The Hall–Kier alpha value is -2.54. The number of ether oxygens (including phenoxy) is 1. The molecule has 2 aromatic rings. The quantitative estimate of drug-likeness (QED) is 0.586. The zero-order chi connectivity index (χ0) is 17.6. The van der Waals surface area contributed by atoms with Crippen molar-refractivity contribution in [3.05, 3.63) is 54.0 Å². The third kappa shape index (κ3) is 4.11. The summed E-state index contributed by atoms with van der Waals surface area (Å²) in [7, 11) is 1.63. The number of rotatable bonds is 6. The average molecular weight is 357 g/mol. The Bertz CT molecular complexity index is 769. The molecular weight excluding hydrogens is 338 g/mol. The summed E-state index contributed by atoms with van der Waals surface area (Å²) >= 11 is 1.45. The molecule has 0 radical (unpaired) electrons. The van der Waals surface area contributed by atoms with E-state index in [1.807, 2.05) is 31.2 Å². The van der Waals surface area contributed by atoms with Crippen molar-refractivity contribution in [1.29, 1.82) is 0 Å². The summed E-state index contributed by atoms with van der Waals surface area (Å²) in [5.41, 5.74) is 1.01. The number of carbonyl (C=O) groups excluding carboxylic acids is 1. The van der Waals surface area contributed by atoms with Gasteiger partial charge in [0, 0.05) is 0 Å². The molecule has 0 N–H and O–H groups in total. The van der Waals surface area contributed by atoms with Crippen LogP contribution in [0, 0.1) is 0 Å². The van der Waals surface area contributed by atoms with Crippen LogP contribution in [0.2, 0.25) is 0 Å². The molecule has 0 bridgehead atoms. The molecule has 1 aromatic heterocycles. The van der Waals surface area contributed by atoms with E-state index in [-0.39, 0.29) is 11.2 Å². The summed E-state index contributed by atoms with van der Waals surface area (Å²) in [6.45, 7) is 2.46. The van der Waals surface area contributed by atoms with Crippen molar-refractivity contribution < 1.29 is 13.9 Å². The van der Waals surface area contributed by atoms with E-state index >= 15 is 0 Å². The van der Waals surface area contributed by atoms with E-state index in [1.165, 1.54) is 18.0 Å². The van der Waals surface area contributed by atoms with Gasteiger partial charge in [-0.3, -0.25) is 9.69 Å². The van der Waals surface area contributed by atoms with Gasteiger partial charge in [0.15, 0.2) is 5.17 Å². The Kier molecular flexibility index (Phi) is 5.55. The van der Waals surface area contributed by atoms with Gasteiger partial charge in [0.1, 0.15) is 11.5 Å². The molecule has 1 amide bonds. The van der Waals surface area contributed by atoms with Crippen molar-refractivity contribution in [2.75, 3.05) is 7.11 Å². The minimum absolute atomic E-state index is 0.0651. The predicted octanol–water partition coefficient (Wildman–Crippen LogP) is 3.53. The first kappa shape index (κ1) is 17.3. The molecule has 6 nitrogen and oxygen atoms in total. The molecule has 0 spiro atoms. The molecule has 0 aliphatic carbocycles. The minimum Gasteiger partial charge on any atom is -0.497 e. The summed E-state index contributed by atoms with van der Waals surface area (Å²) in [5.74, 6) is 1.47. The molecule has 1 fully saturated rings. The summed E-state index contributed by atoms with van der Waals surface area (Å²) in [4.78, 5) is 14.3. The van der Waals surface area contributed by atoms with Gasteiger partial charge >= 0.3 is 0 Å². The number of hydrogen-bond donors (Lipinski definition) is 0. The molecule has 130 valence electrons. The molecule has 1 aliphatic rings. The smallest absolute Gasteiger partial charge is 0.242 e. The van der Waals surface area contributed by atoms with Crippen molar-refractivity contribution in [3.8, 4) is 5.75 Å². The summed E-state index contributed by atoms with van der Waals surface area (Å²) in [5, 5.41) is 8.77. The topological polar surface area (TPSA) is 67.4 Å². The standard InChI is InChI=1S/C18H19N3O3S/c1-3-16-17(22)21(12-13-6-8-14(23-2)9-7-13)18(25-16)20-19-11-15-5-4-10-24-15/h4-11,16H,3,12H2,1-2H3/b19-11-,20-18+/t16-/m0/s1. The van der Waals surface area contributed by atoms with Crippen LogP contribution in [0.4, 0.5) is 0 Å². The van der Waals surface area contributed by atoms with Crippen molar-refractivity contribution in [1.82, 2.24) is 4.90 Å². The van der Waals surface area contributed by atoms with Crippen LogP contribution in [0.15, 0.2) is 57.3 Å². The highest BCUT2D eigenvalue weighted by Gasteiger charge is 2.36. The van der Waals surface area contributed by atoms with Crippen LogP contribution in [0.3, 0.4) is 0 Å². The maximum absolute atomic E-state index is 12.6. The first-order valence-corrected chi connectivity index (χ1v) is 8.84. The second kappa shape index (κ2) is 8.02. The summed E-state index contributed by atoms with van der Waals surface area (Å²) in [6.07, 6.45) is 3.86. The molecule has 25 heavy (non-hydrogen) atoms. The highest BCUT2D eigenvalue weighted by Crippen LogP contribution is 2.31. The largest absolute Gasteiger partial charge is 0.497 e. The van der Waals surface area contributed by atoms with Crippen LogP contribution in [0.1, 0.15) is 24.7 Å². The van der Waals surface area contributed by atoms with Crippen LogP contribution < -0.4 is 4.74 Å². The fraction of sp³-hybridized carbons (Fsp3) is 0.278. The van der Waals surface area contributed by atoms with E-state index in [0.29, 0.717) is 17.5 Å². The Balaban J connectivity index is 1.78. The lowest BCUT2D eigenvalue weighted by molar-refractivity contribution is -0.126. The Morgan fingerprint density at radius 1 is 1.32 bits per heavy atom. The lowest BCUT2D eigenvalue weighted by Gasteiger charge is -2.16. The normalized spacial score (nSPS) is 19.3. The number of benzene rings is 1. The van der Waals surface area contributed by atoms with Gasteiger partial charge in [-0.05, 0) is 36.2 Å². The number of carbonyl (C=O) groups is 1.